The van der Waals surface area contributed by atoms with Crippen molar-refractivity contribution in [1.82, 2.24) is 5.48 Å². The first-order valence-corrected chi connectivity index (χ1v) is 8.55. The van der Waals surface area contributed by atoms with Crippen LogP contribution in [-0.4, -0.2) is 17.1 Å². The van der Waals surface area contributed by atoms with Crippen LogP contribution >= 0.6 is 0 Å². The van der Waals surface area contributed by atoms with Gasteiger partial charge in [0.05, 0.1) is 11.6 Å². The van der Waals surface area contributed by atoms with Crippen molar-refractivity contribution in [3.05, 3.63) is 96.1 Å². The van der Waals surface area contributed by atoms with E-state index in [0.29, 0.717) is 28.3 Å². The molecule has 140 valence electrons. The Hall–Kier alpha value is -3.70. The molecule has 0 aliphatic rings. The van der Waals surface area contributed by atoms with E-state index in [1.54, 1.807) is 66.6 Å². The zero-order valence-corrected chi connectivity index (χ0v) is 14.8. The molecule has 3 rings (SSSR count). The van der Waals surface area contributed by atoms with Gasteiger partial charge >= 0.3 is 0 Å². The molecule has 1 unspecified atom stereocenters. The number of nitrogens with one attached hydrogen (secondary N) is 2. The lowest BCUT2D eigenvalue weighted by atomic mass is 10.0. The van der Waals surface area contributed by atoms with Crippen molar-refractivity contribution >= 4 is 17.5 Å². The van der Waals surface area contributed by atoms with Gasteiger partial charge in [-0.05, 0) is 35.9 Å². The van der Waals surface area contributed by atoms with Gasteiger partial charge in [0.1, 0.15) is 17.4 Å². The highest BCUT2D eigenvalue weighted by molar-refractivity contribution is 6.06. The van der Waals surface area contributed by atoms with Crippen LogP contribution in [0.15, 0.2) is 84.9 Å². The third kappa shape index (κ3) is 4.52. The number of benzene rings is 3. The number of ether oxygens (including phenoxy) is 1. The van der Waals surface area contributed by atoms with E-state index in [-0.39, 0.29) is 5.91 Å². The van der Waals surface area contributed by atoms with Gasteiger partial charge in [0.2, 0.25) is 0 Å². The number of anilines is 1. The Labute approximate surface area is 162 Å². The van der Waals surface area contributed by atoms with E-state index in [1.165, 1.54) is 0 Å². The summed E-state index contributed by atoms with van der Waals surface area (Å²) in [6.45, 7) is 0. The Bertz CT molecular complexity index is 998. The van der Waals surface area contributed by atoms with Crippen LogP contribution in [0, 0.1) is 0 Å². The summed E-state index contributed by atoms with van der Waals surface area (Å²) in [6, 6.07) is 22.1. The first-order valence-electron chi connectivity index (χ1n) is 8.55. The Morgan fingerprint density at radius 3 is 2.39 bits per heavy atom. The third-order valence-electron chi connectivity index (χ3n) is 4.02. The summed E-state index contributed by atoms with van der Waals surface area (Å²) in [5.74, 6) is 2.28. The molecule has 0 fully saturated rings. The van der Waals surface area contributed by atoms with Gasteiger partial charge in [-0.3, -0.25) is 4.79 Å². The summed E-state index contributed by atoms with van der Waals surface area (Å²) < 4.78 is 5.84. The van der Waals surface area contributed by atoms with Crippen LogP contribution in [0.1, 0.15) is 22.0 Å². The molecule has 0 aliphatic carbocycles. The van der Waals surface area contributed by atoms with E-state index in [4.69, 9.17) is 4.74 Å². The monoisotopic (exact) mass is 374 g/mol. The van der Waals surface area contributed by atoms with Crippen LogP contribution in [0.2, 0.25) is 0 Å². The molecule has 0 saturated carbocycles. The second-order valence-corrected chi connectivity index (χ2v) is 5.84. The number of hydrogen-bond acceptors (Lipinski definition) is 5. The van der Waals surface area contributed by atoms with Crippen molar-refractivity contribution in [2.24, 2.45) is 0 Å². The molecular weight excluding hydrogens is 356 g/mol. The number of amides is 1. The molecule has 0 bridgehead atoms. The fourth-order valence-corrected chi connectivity index (χ4v) is 2.70. The van der Waals surface area contributed by atoms with Crippen molar-refractivity contribution in [3.8, 4) is 11.5 Å². The molecule has 3 N–H and O–H groups in total. The predicted octanol–water partition coefficient (Wildman–Crippen LogP) is 4.14. The Kier molecular flexibility index (Phi) is 6.33. The van der Waals surface area contributed by atoms with E-state index in [9.17, 15) is 14.8 Å². The minimum atomic E-state index is -0.801. The molecule has 0 saturated heterocycles. The topological polar surface area (TPSA) is 87.7 Å². The molecule has 1 amide bonds. The molecule has 0 aliphatic heterocycles. The molecule has 6 nitrogen and oxygen atoms in total. The van der Waals surface area contributed by atoms with Gasteiger partial charge in [0.25, 0.3) is 5.91 Å². The Morgan fingerprint density at radius 2 is 1.64 bits per heavy atom. The van der Waals surface area contributed by atoms with Crippen LogP contribution in [0.3, 0.4) is 0 Å². The summed E-state index contributed by atoms with van der Waals surface area (Å²) in [4.78, 5) is 23.6. The number of hydrogen-bond donors (Lipinski definition) is 3. The third-order valence-corrected chi connectivity index (χ3v) is 4.02. The van der Waals surface area contributed by atoms with Gasteiger partial charge in [-0.25, -0.2) is 4.79 Å². The van der Waals surface area contributed by atoms with E-state index >= 15 is 0 Å². The van der Waals surface area contributed by atoms with Crippen molar-refractivity contribution in [2.45, 2.75) is 6.04 Å². The zero-order chi connectivity index (χ0) is 19.8. The zero-order valence-electron chi connectivity index (χ0n) is 14.8. The average molecular weight is 374 g/mol. The van der Waals surface area contributed by atoms with E-state index in [2.05, 4.69) is 5.32 Å². The largest absolute Gasteiger partial charge is 0.457 e. The average Bonchev–Trinajstić information content (AvgIpc) is 2.74. The fraction of sp³-hybridized carbons (Fsp3) is 0.0455. The van der Waals surface area contributed by atoms with Gasteiger partial charge in [-0.2, -0.15) is 5.48 Å². The molecule has 3 aromatic rings. The molecule has 0 heterocycles. The van der Waals surface area contributed by atoms with Crippen molar-refractivity contribution in [2.75, 3.05) is 5.32 Å². The molecule has 28 heavy (non-hydrogen) atoms. The summed E-state index contributed by atoms with van der Waals surface area (Å²) in [7, 11) is 0. The number of rotatable bonds is 7. The minimum absolute atomic E-state index is 0.348. The van der Waals surface area contributed by atoms with Crippen molar-refractivity contribution in [3.63, 3.8) is 0 Å². The fourth-order valence-electron chi connectivity index (χ4n) is 2.70. The van der Waals surface area contributed by atoms with Crippen molar-refractivity contribution in [1.29, 1.82) is 0 Å². The summed E-state index contributed by atoms with van der Waals surface area (Å²) in [5, 5.41) is 12.1. The number of para-hydroxylation sites is 3. The summed E-state index contributed by atoms with van der Waals surface area (Å²) in [5.41, 5.74) is 3.33. The SMILES string of the molecule is O=C=CC(NO)c1ccccc1NC(=O)c1ccccc1Oc1ccccc1. The lowest BCUT2D eigenvalue weighted by Gasteiger charge is -2.16. The normalized spacial score (nSPS) is 11.2. The van der Waals surface area contributed by atoms with Crippen LogP contribution < -0.4 is 15.5 Å². The quantitative estimate of drug-likeness (QED) is 0.427. The van der Waals surface area contributed by atoms with Gasteiger partial charge in [0.15, 0.2) is 0 Å². The highest BCUT2D eigenvalue weighted by Crippen LogP contribution is 2.28. The van der Waals surface area contributed by atoms with Gasteiger partial charge in [-0.1, -0.05) is 48.5 Å². The number of carbonyl (C=O) groups is 1. The summed E-state index contributed by atoms with van der Waals surface area (Å²) >= 11 is 0. The van der Waals surface area contributed by atoms with Gasteiger partial charge < -0.3 is 15.3 Å². The highest BCUT2D eigenvalue weighted by atomic mass is 16.5. The van der Waals surface area contributed by atoms with Gasteiger partial charge in [-0.15, -0.1) is 0 Å². The number of carbonyl (C=O) groups excluding carboxylic acids is 2. The second kappa shape index (κ2) is 9.30. The minimum Gasteiger partial charge on any atom is -0.457 e. The lowest BCUT2D eigenvalue weighted by molar-refractivity contribution is 0.102. The first-order chi connectivity index (χ1) is 13.7. The second-order valence-electron chi connectivity index (χ2n) is 5.84. The molecule has 0 radical (unpaired) electrons. The molecule has 0 aromatic heterocycles. The maximum absolute atomic E-state index is 12.9. The van der Waals surface area contributed by atoms with E-state index < -0.39 is 6.04 Å². The molecule has 3 aromatic carbocycles. The van der Waals surface area contributed by atoms with Crippen LogP contribution in [-0.2, 0) is 4.79 Å². The molecular formula is C22H18N2O4. The highest BCUT2D eigenvalue weighted by Gasteiger charge is 2.17. The summed E-state index contributed by atoms with van der Waals surface area (Å²) in [6.07, 6.45) is 1.12. The molecule has 0 spiro atoms. The van der Waals surface area contributed by atoms with E-state index in [1.807, 2.05) is 23.7 Å². The maximum atomic E-state index is 12.9. The Balaban J connectivity index is 1.88. The lowest BCUT2D eigenvalue weighted by Crippen LogP contribution is -2.19. The van der Waals surface area contributed by atoms with Crippen LogP contribution in [0.4, 0.5) is 5.69 Å². The molecule has 6 heteroatoms. The molecule has 1 atom stereocenters. The van der Waals surface area contributed by atoms with E-state index in [0.717, 1.165) is 6.08 Å². The van der Waals surface area contributed by atoms with Crippen molar-refractivity contribution < 1.29 is 19.5 Å². The first kappa shape index (κ1) is 19.1. The maximum Gasteiger partial charge on any atom is 0.259 e. The Morgan fingerprint density at radius 1 is 0.964 bits per heavy atom. The smallest absolute Gasteiger partial charge is 0.259 e. The van der Waals surface area contributed by atoms with Crippen LogP contribution in [0.5, 0.6) is 11.5 Å². The van der Waals surface area contributed by atoms with Gasteiger partial charge in [0, 0.05) is 11.8 Å². The number of hydroxylamine groups is 1. The van der Waals surface area contributed by atoms with Crippen LogP contribution in [0.25, 0.3) is 0 Å². The predicted molar refractivity (Wildman–Crippen MR) is 105 cm³/mol. The standard InChI is InChI=1S/C22H18N2O4/c25-15-14-20(24-27)17-10-4-6-12-19(17)23-22(26)18-11-5-7-13-21(18)28-16-8-2-1-3-9-16/h1-14,20,24,27H,(H,23,26).